The Hall–Kier alpha value is -2.56. The van der Waals surface area contributed by atoms with Crippen LogP contribution in [0.3, 0.4) is 0 Å². The molecule has 0 aliphatic heterocycles. The Bertz CT molecular complexity index is 588. The fraction of sp³-hybridized carbons (Fsp3) is 0.412. The molecule has 0 atom stereocenters. The van der Waals surface area contributed by atoms with E-state index in [1.807, 2.05) is 11.0 Å². The van der Waals surface area contributed by atoms with Crippen molar-refractivity contribution in [3.8, 4) is 11.8 Å². The van der Waals surface area contributed by atoms with Crippen LogP contribution < -0.4 is 10.1 Å². The molecule has 1 N–H and O–H groups in total. The van der Waals surface area contributed by atoms with Crippen LogP contribution in [0.1, 0.15) is 0 Å². The second-order valence-corrected chi connectivity index (χ2v) is 4.83. The summed E-state index contributed by atoms with van der Waals surface area (Å²) < 4.78 is 15.3. The Morgan fingerprint density at radius 3 is 2.38 bits per heavy atom. The van der Waals surface area contributed by atoms with Gasteiger partial charge < -0.3 is 24.4 Å². The number of nitriles is 1. The maximum absolute atomic E-state index is 12.3. The Morgan fingerprint density at radius 2 is 1.83 bits per heavy atom. The zero-order valence-corrected chi connectivity index (χ0v) is 14.2. The zero-order chi connectivity index (χ0) is 17.8. The lowest BCUT2D eigenvalue weighted by atomic mass is 10.2. The molecule has 1 amide bonds. The summed E-state index contributed by atoms with van der Waals surface area (Å²) in [5, 5.41) is 12.0. The maximum Gasteiger partial charge on any atom is 0.267 e. The quantitative estimate of drug-likeness (QED) is 0.518. The molecule has 7 heteroatoms. The van der Waals surface area contributed by atoms with E-state index >= 15 is 0 Å². The third-order valence-corrected chi connectivity index (χ3v) is 3.20. The van der Waals surface area contributed by atoms with Crippen molar-refractivity contribution >= 4 is 11.6 Å². The van der Waals surface area contributed by atoms with Crippen molar-refractivity contribution in [2.75, 3.05) is 52.9 Å². The van der Waals surface area contributed by atoms with Gasteiger partial charge in [-0.15, -0.1) is 0 Å². The van der Waals surface area contributed by atoms with Gasteiger partial charge in [-0.3, -0.25) is 4.79 Å². The third-order valence-electron chi connectivity index (χ3n) is 3.20. The molecule has 0 bridgehead atoms. The van der Waals surface area contributed by atoms with Crippen LogP contribution in [0.2, 0.25) is 0 Å². The van der Waals surface area contributed by atoms with Crippen molar-refractivity contribution < 1.29 is 19.0 Å². The van der Waals surface area contributed by atoms with E-state index in [-0.39, 0.29) is 5.57 Å². The van der Waals surface area contributed by atoms with Crippen molar-refractivity contribution in [1.82, 2.24) is 4.90 Å². The number of carbonyl (C=O) groups excluding carboxylic acids is 1. The second kappa shape index (κ2) is 11.0. The fourth-order valence-electron chi connectivity index (χ4n) is 1.92. The van der Waals surface area contributed by atoms with Crippen LogP contribution in [0.25, 0.3) is 0 Å². The number of hydrogen-bond acceptors (Lipinski definition) is 6. The Labute approximate surface area is 142 Å². The minimum Gasteiger partial charge on any atom is -0.495 e. The molecule has 1 aromatic carbocycles. The van der Waals surface area contributed by atoms with Crippen molar-refractivity contribution in [3.05, 3.63) is 36.0 Å². The highest BCUT2D eigenvalue weighted by Crippen LogP contribution is 2.23. The monoisotopic (exact) mass is 333 g/mol. The first-order valence-corrected chi connectivity index (χ1v) is 7.44. The highest BCUT2D eigenvalue weighted by Gasteiger charge is 2.13. The van der Waals surface area contributed by atoms with Gasteiger partial charge in [0.1, 0.15) is 17.4 Å². The van der Waals surface area contributed by atoms with Crippen LogP contribution in [-0.2, 0) is 14.3 Å². The number of nitrogens with one attached hydrogen (secondary N) is 1. The summed E-state index contributed by atoms with van der Waals surface area (Å²) in [6.45, 7) is 2.06. The van der Waals surface area contributed by atoms with E-state index in [0.29, 0.717) is 37.7 Å². The molecule has 24 heavy (non-hydrogen) atoms. The van der Waals surface area contributed by atoms with E-state index in [4.69, 9.17) is 14.2 Å². The molecule has 0 fully saturated rings. The van der Waals surface area contributed by atoms with E-state index < -0.39 is 5.91 Å². The van der Waals surface area contributed by atoms with Gasteiger partial charge in [-0.1, -0.05) is 12.1 Å². The third kappa shape index (κ3) is 6.28. The number of anilines is 1. The molecule has 0 radical (unpaired) electrons. The summed E-state index contributed by atoms with van der Waals surface area (Å²) in [5.74, 6) is 0.0283. The van der Waals surface area contributed by atoms with Crippen molar-refractivity contribution in [2.24, 2.45) is 0 Å². The summed E-state index contributed by atoms with van der Waals surface area (Å²) in [6.07, 6.45) is 1.52. The summed E-state index contributed by atoms with van der Waals surface area (Å²) >= 11 is 0. The van der Waals surface area contributed by atoms with E-state index in [9.17, 15) is 10.1 Å². The molecular weight excluding hydrogens is 310 g/mol. The predicted octanol–water partition coefficient (Wildman–Crippen LogP) is 1.64. The topological polar surface area (TPSA) is 83.8 Å². The van der Waals surface area contributed by atoms with Gasteiger partial charge in [0.2, 0.25) is 0 Å². The molecule has 0 aliphatic rings. The van der Waals surface area contributed by atoms with Gasteiger partial charge in [0.25, 0.3) is 5.91 Å². The maximum atomic E-state index is 12.3. The Morgan fingerprint density at radius 1 is 1.21 bits per heavy atom. The fourth-order valence-corrected chi connectivity index (χ4v) is 1.92. The van der Waals surface area contributed by atoms with Gasteiger partial charge >= 0.3 is 0 Å². The van der Waals surface area contributed by atoms with Gasteiger partial charge in [0.15, 0.2) is 0 Å². The number of hydrogen-bond donors (Lipinski definition) is 1. The molecule has 1 aromatic rings. The summed E-state index contributed by atoms with van der Waals surface area (Å²) in [5.41, 5.74) is 0.500. The van der Waals surface area contributed by atoms with Gasteiger partial charge in [-0.05, 0) is 12.1 Å². The molecule has 0 aromatic heterocycles. The van der Waals surface area contributed by atoms with Crippen LogP contribution in [-0.4, -0.2) is 58.4 Å². The first-order valence-electron chi connectivity index (χ1n) is 7.44. The largest absolute Gasteiger partial charge is 0.495 e. The first kappa shape index (κ1) is 19.5. The van der Waals surface area contributed by atoms with E-state index in [2.05, 4.69) is 5.32 Å². The van der Waals surface area contributed by atoms with Gasteiger partial charge in [-0.25, -0.2) is 0 Å². The van der Waals surface area contributed by atoms with Crippen LogP contribution in [0.5, 0.6) is 5.75 Å². The molecule has 1 rings (SSSR count). The molecule has 0 saturated heterocycles. The summed E-state index contributed by atoms with van der Waals surface area (Å²) in [6, 6.07) is 8.94. The molecule has 0 aliphatic carbocycles. The minimum atomic E-state index is -0.498. The van der Waals surface area contributed by atoms with E-state index in [1.165, 1.54) is 13.3 Å². The van der Waals surface area contributed by atoms with Crippen molar-refractivity contribution in [1.29, 1.82) is 5.26 Å². The normalized spacial score (nSPS) is 10.8. The predicted molar refractivity (Wildman–Crippen MR) is 90.6 cm³/mol. The van der Waals surface area contributed by atoms with Crippen molar-refractivity contribution in [3.63, 3.8) is 0 Å². The average Bonchev–Trinajstić information content (AvgIpc) is 2.61. The lowest BCUT2D eigenvalue weighted by Gasteiger charge is -2.20. The van der Waals surface area contributed by atoms with E-state index in [0.717, 1.165) is 0 Å². The SMILES string of the molecule is COCCN(/C=C(/C#N)C(=O)Nc1ccccc1OC)CCOC. The zero-order valence-electron chi connectivity index (χ0n) is 14.2. The molecular formula is C17H23N3O4. The number of rotatable bonds is 10. The number of benzene rings is 1. The number of para-hydroxylation sites is 2. The molecule has 0 heterocycles. The standard InChI is InChI=1S/C17H23N3O4/c1-22-10-8-20(9-11-23-2)13-14(12-18)17(21)19-15-6-4-5-7-16(15)24-3/h4-7,13H,8-11H2,1-3H3,(H,19,21)/b14-13-. The number of carbonyl (C=O) groups is 1. The number of amides is 1. The molecule has 130 valence electrons. The number of methoxy groups -OCH3 is 3. The molecule has 0 saturated carbocycles. The Kier molecular flexibility index (Phi) is 8.97. The molecule has 0 spiro atoms. The second-order valence-electron chi connectivity index (χ2n) is 4.83. The highest BCUT2D eigenvalue weighted by molar-refractivity contribution is 6.07. The average molecular weight is 333 g/mol. The lowest BCUT2D eigenvalue weighted by Crippen LogP contribution is -2.27. The Balaban J connectivity index is 2.87. The van der Waals surface area contributed by atoms with Gasteiger partial charge in [0, 0.05) is 33.5 Å². The van der Waals surface area contributed by atoms with Crippen LogP contribution in [0, 0.1) is 11.3 Å². The first-order chi connectivity index (χ1) is 11.7. The minimum absolute atomic E-state index is 0.00638. The van der Waals surface area contributed by atoms with Gasteiger partial charge in [0.05, 0.1) is 26.0 Å². The number of ether oxygens (including phenoxy) is 3. The molecule has 0 unspecified atom stereocenters. The highest BCUT2D eigenvalue weighted by atomic mass is 16.5. The molecule has 7 nitrogen and oxygen atoms in total. The number of nitrogens with zero attached hydrogens (tertiary/aromatic N) is 2. The smallest absolute Gasteiger partial charge is 0.267 e. The van der Waals surface area contributed by atoms with E-state index in [1.54, 1.807) is 38.5 Å². The van der Waals surface area contributed by atoms with Crippen LogP contribution in [0.4, 0.5) is 5.69 Å². The van der Waals surface area contributed by atoms with Crippen molar-refractivity contribution in [2.45, 2.75) is 0 Å². The van der Waals surface area contributed by atoms with Crippen LogP contribution in [0.15, 0.2) is 36.0 Å². The van der Waals surface area contributed by atoms with Gasteiger partial charge in [-0.2, -0.15) is 5.26 Å². The lowest BCUT2D eigenvalue weighted by molar-refractivity contribution is -0.112. The van der Waals surface area contributed by atoms with Crippen LogP contribution >= 0.6 is 0 Å². The summed E-state index contributed by atoms with van der Waals surface area (Å²) in [7, 11) is 4.71. The summed E-state index contributed by atoms with van der Waals surface area (Å²) in [4.78, 5) is 14.2.